The minimum absolute atomic E-state index is 0.00670. The fourth-order valence-corrected chi connectivity index (χ4v) is 1.78. The van der Waals surface area contributed by atoms with E-state index in [0.717, 1.165) is 32.5 Å². The summed E-state index contributed by atoms with van der Waals surface area (Å²) in [6.07, 6.45) is 2.46. The number of nitrogens with zero attached hydrogens (tertiary/aromatic N) is 2. The standard InChI is InChI=1S/C14H28N4O2/c1-11(2)8-15-14(17-10-13(19)18(3)4)16-9-12-6-5-7-20-12/h11-12H,5-10H2,1-4H3,(H2,15,16,17). The van der Waals surface area contributed by atoms with Crippen molar-refractivity contribution in [2.45, 2.75) is 32.8 Å². The maximum atomic E-state index is 11.6. The smallest absolute Gasteiger partial charge is 0.243 e. The molecule has 0 saturated carbocycles. The van der Waals surface area contributed by atoms with Gasteiger partial charge in [-0.1, -0.05) is 13.8 Å². The first-order valence-corrected chi connectivity index (χ1v) is 7.33. The van der Waals surface area contributed by atoms with Gasteiger partial charge in [0, 0.05) is 33.8 Å². The van der Waals surface area contributed by atoms with E-state index in [1.165, 1.54) is 0 Å². The highest BCUT2D eigenvalue weighted by Gasteiger charge is 2.15. The number of amides is 1. The summed E-state index contributed by atoms with van der Waals surface area (Å²) in [5.41, 5.74) is 0. The summed E-state index contributed by atoms with van der Waals surface area (Å²) >= 11 is 0. The maximum absolute atomic E-state index is 11.6. The Morgan fingerprint density at radius 2 is 2.15 bits per heavy atom. The highest BCUT2D eigenvalue weighted by molar-refractivity contribution is 5.84. The molecule has 0 bridgehead atoms. The largest absolute Gasteiger partial charge is 0.376 e. The molecular weight excluding hydrogens is 256 g/mol. The van der Waals surface area contributed by atoms with Gasteiger partial charge in [-0.3, -0.25) is 4.79 Å². The van der Waals surface area contributed by atoms with Crippen LogP contribution < -0.4 is 10.6 Å². The molecule has 1 amide bonds. The number of hydrogen-bond donors (Lipinski definition) is 2. The van der Waals surface area contributed by atoms with Crippen LogP contribution in [0.2, 0.25) is 0 Å². The van der Waals surface area contributed by atoms with Crippen LogP contribution in [0.3, 0.4) is 0 Å². The van der Waals surface area contributed by atoms with Gasteiger partial charge in [0.2, 0.25) is 5.91 Å². The number of aliphatic imine (C=N–C) groups is 1. The van der Waals surface area contributed by atoms with Gasteiger partial charge >= 0.3 is 0 Å². The molecule has 20 heavy (non-hydrogen) atoms. The summed E-state index contributed by atoms with van der Waals surface area (Å²) in [6.45, 7) is 6.84. The highest BCUT2D eigenvalue weighted by Crippen LogP contribution is 2.10. The Hall–Kier alpha value is -1.30. The van der Waals surface area contributed by atoms with Crippen molar-refractivity contribution in [3.63, 3.8) is 0 Å². The highest BCUT2D eigenvalue weighted by atomic mass is 16.5. The number of carbonyl (C=O) groups is 1. The first-order valence-electron chi connectivity index (χ1n) is 7.33. The van der Waals surface area contributed by atoms with Gasteiger partial charge in [-0.05, 0) is 18.8 Å². The molecule has 0 aromatic carbocycles. The third-order valence-electron chi connectivity index (χ3n) is 3.07. The minimum atomic E-state index is -0.00670. The molecular formula is C14H28N4O2. The molecule has 1 atom stereocenters. The van der Waals surface area contributed by atoms with Crippen LogP contribution in [0.1, 0.15) is 26.7 Å². The van der Waals surface area contributed by atoms with Crippen molar-refractivity contribution in [2.75, 3.05) is 40.3 Å². The molecule has 1 unspecified atom stereocenters. The lowest BCUT2D eigenvalue weighted by atomic mass is 10.2. The van der Waals surface area contributed by atoms with Gasteiger partial charge in [0.05, 0.1) is 6.10 Å². The molecule has 1 heterocycles. The Bertz CT molecular complexity index is 323. The zero-order chi connectivity index (χ0) is 15.0. The average molecular weight is 284 g/mol. The van der Waals surface area contributed by atoms with E-state index >= 15 is 0 Å². The third kappa shape index (κ3) is 6.75. The summed E-state index contributed by atoms with van der Waals surface area (Å²) < 4.78 is 5.57. The van der Waals surface area contributed by atoms with Crippen LogP contribution in [-0.2, 0) is 9.53 Å². The molecule has 116 valence electrons. The van der Waals surface area contributed by atoms with Crippen LogP contribution in [-0.4, -0.2) is 63.2 Å². The molecule has 2 N–H and O–H groups in total. The quantitative estimate of drug-likeness (QED) is 0.549. The summed E-state index contributed by atoms with van der Waals surface area (Å²) in [6, 6.07) is 0. The molecule has 1 rings (SSSR count). The van der Waals surface area contributed by atoms with Crippen LogP contribution in [0.25, 0.3) is 0 Å². The molecule has 6 heteroatoms. The van der Waals surface area contributed by atoms with Gasteiger partial charge in [-0.15, -0.1) is 0 Å². The molecule has 1 aliphatic rings. The van der Waals surface area contributed by atoms with Gasteiger partial charge in [-0.2, -0.15) is 0 Å². The maximum Gasteiger partial charge on any atom is 0.243 e. The van der Waals surface area contributed by atoms with Crippen molar-refractivity contribution in [1.29, 1.82) is 0 Å². The number of guanidine groups is 1. The number of nitrogens with one attached hydrogen (secondary N) is 2. The van der Waals surface area contributed by atoms with Gasteiger partial charge < -0.3 is 20.3 Å². The SMILES string of the molecule is CC(C)CNC(=NCC(=O)N(C)C)NCC1CCCO1. The van der Waals surface area contributed by atoms with E-state index in [9.17, 15) is 4.79 Å². The lowest BCUT2D eigenvalue weighted by molar-refractivity contribution is -0.127. The summed E-state index contributed by atoms with van der Waals surface area (Å²) in [7, 11) is 3.47. The second kappa shape index (κ2) is 8.79. The van der Waals surface area contributed by atoms with Crippen molar-refractivity contribution >= 4 is 11.9 Å². The van der Waals surface area contributed by atoms with E-state index in [1.54, 1.807) is 19.0 Å². The molecule has 6 nitrogen and oxygen atoms in total. The predicted molar refractivity (Wildman–Crippen MR) is 80.8 cm³/mol. The number of ether oxygens (including phenoxy) is 1. The Kier molecular flexibility index (Phi) is 7.36. The fourth-order valence-electron chi connectivity index (χ4n) is 1.78. The van der Waals surface area contributed by atoms with Crippen molar-refractivity contribution < 1.29 is 9.53 Å². The van der Waals surface area contributed by atoms with Crippen LogP contribution in [0.15, 0.2) is 4.99 Å². The van der Waals surface area contributed by atoms with Gasteiger partial charge in [0.1, 0.15) is 6.54 Å². The second-order valence-corrected chi connectivity index (χ2v) is 5.74. The van der Waals surface area contributed by atoms with Gasteiger partial charge in [0.25, 0.3) is 0 Å². The lowest BCUT2D eigenvalue weighted by Crippen LogP contribution is -2.43. The molecule has 0 aliphatic carbocycles. The van der Waals surface area contributed by atoms with Crippen LogP contribution in [0.4, 0.5) is 0 Å². The number of likely N-dealkylation sites (N-methyl/N-ethyl adjacent to an activating group) is 1. The number of hydrogen-bond acceptors (Lipinski definition) is 3. The van der Waals surface area contributed by atoms with Crippen molar-refractivity contribution in [3.8, 4) is 0 Å². The molecule has 0 radical (unpaired) electrons. The van der Waals surface area contributed by atoms with Crippen molar-refractivity contribution in [1.82, 2.24) is 15.5 Å². The topological polar surface area (TPSA) is 66.0 Å². The Balaban J connectivity index is 2.44. The molecule has 1 saturated heterocycles. The van der Waals surface area contributed by atoms with Crippen LogP contribution in [0.5, 0.6) is 0 Å². The second-order valence-electron chi connectivity index (χ2n) is 5.74. The summed E-state index contributed by atoms with van der Waals surface area (Å²) in [4.78, 5) is 17.5. The molecule has 0 aromatic rings. The van der Waals surface area contributed by atoms with Crippen LogP contribution >= 0.6 is 0 Å². The van der Waals surface area contributed by atoms with Crippen molar-refractivity contribution in [3.05, 3.63) is 0 Å². The van der Waals surface area contributed by atoms with E-state index in [-0.39, 0.29) is 18.6 Å². The normalized spacial score (nSPS) is 19.2. The number of carbonyl (C=O) groups excluding carboxylic acids is 1. The van der Waals surface area contributed by atoms with Crippen LogP contribution in [0, 0.1) is 5.92 Å². The first-order chi connectivity index (χ1) is 9.49. The lowest BCUT2D eigenvalue weighted by Gasteiger charge is -2.17. The third-order valence-corrected chi connectivity index (χ3v) is 3.07. The average Bonchev–Trinajstić information content (AvgIpc) is 2.90. The van der Waals surface area contributed by atoms with E-state index in [4.69, 9.17) is 4.74 Å². The summed E-state index contributed by atoms with van der Waals surface area (Å²) in [5, 5.41) is 6.50. The van der Waals surface area contributed by atoms with E-state index < -0.39 is 0 Å². The predicted octanol–water partition coefficient (Wildman–Crippen LogP) is 0.445. The minimum Gasteiger partial charge on any atom is -0.376 e. The molecule has 1 aliphatic heterocycles. The van der Waals surface area contributed by atoms with Gasteiger partial charge in [-0.25, -0.2) is 4.99 Å². The Morgan fingerprint density at radius 1 is 1.40 bits per heavy atom. The number of rotatable bonds is 6. The fraction of sp³-hybridized carbons (Fsp3) is 0.857. The zero-order valence-electron chi connectivity index (χ0n) is 13.1. The van der Waals surface area contributed by atoms with Crippen molar-refractivity contribution in [2.24, 2.45) is 10.9 Å². The summed E-state index contributed by atoms with van der Waals surface area (Å²) in [5.74, 6) is 1.20. The Morgan fingerprint density at radius 3 is 2.70 bits per heavy atom. The Labute approximate surface area is 122 Å². The molecule has 1 fully saturated rings. The van der Waals surface area contributed by atoms with E-state index in [2.05, 4.69) is 29.5 Å². The van der Waals surface area contributed by atoms with Gasteiger partial charge in [0.15, 0.2) is 5.96 Å². The van der Waals surface area contributed by atoms with E-state index in [1.807, 2.05) is 0 Å². The first kappa shape index (κ1) is 16.8. The zero-order valence-corrected chi connectivity index (χ0v) is 13.1. The molecule has 0 spiro atoms. The van der Waals surface area contributed by atoms with E-state index in [0.29, 0.717) is 11.9 Å². The molecule has 0 aromatic heterocycles. The monoisotopic (exact) mass is 284 g/mol.